The molecule has 5 heteroatoms. The minimum absolute atomic E-state index is 0.767. The molecule has 1 fully saturated rings. The van der Waals surface area contributed by atoms with Gasteiger partial charge in [-0.05, 0) is 74.3 Å². The van der Waals surface area contributed by atoms with E-state index < -0.39 is 0 Å². The summed E-state index contributed by atoms with van der Waals surface area (Å²) in [5.74, 6) is 1.82. The van der Waals surface area contributed by atoms with Gasteiger partial charge in [-0.3, -0.25) is 0 Å². The van der Waals surface area contributed by atoms with Gasteiger partial charge in [-0.2, -0.15) is 0 Å². The summed E-state index contributed by atoms with van der Waals surface area (Å²) in [6.45, 7) is 4.41. The van der Waals surface area contributed by atoms with Crippen LogP contribution in [0.25, 0.3) is 11.3 Å². The van der Waals surface area contributed by atoms with Crippen molar-refractivity contribution in [3.05, 3.63) is 72.3 Å². The van der Waals surface area contributed by atoms with Gasteiger partial charge in [0.1, 0.15) is 10.8 Å². The van der Waals surface area contributed by atoms with Gasteiger partial charge in [0.25, 0.3) is 0 Å². The highest BCUT2D eigenvalue weighted by atomic mass is 32.2. The number of benzene rings is 2. The number of hydrogen-bond donors (Lipinski definition) is 0. The zero-order valence-corrected chi connectivity index (χ0v) is 17.5. The summed E-state index contributed by atoms with van der Waals surface area (Å²) in [5.41, 5.74) is 3.23. The zero-order valence-electron chi connectivity index (χ0n) is 16.7. The molecule has 2 aromatic carbocycles. The number of likely N-dealkylation sites (tertiary alicyclic amines) is 1. The van der Waals surface area contributed by atoms with Gasteiger partial charge >= 0.3 is 0 Å². The van der Waals surface area contributed by atoms with Gasteiger partial charge in [0, 0.05) is 17.9 Å². The van der Waals surface area contributed by atoms with Crippen LogP contribution in [0.4, 0.5) is 0 Å². The van der Waals surface area contributed by atoms with E-state index in [-0.39, 0.29) is 0 Å². The van der Waals surface area contributed by atoms with Crippen molar-refractivity contribution >= 4 is 11.8 Å². The molecule has 0 amide bonds. The fourth-order valence-corrected chi connectivity index (χ4v) is 4.26. The molecule has 0 radical (unpaired) electrons. The van der Waals surface area contributed by atoms with Crippen LogP contribution in [0.15, 0.2) is 71.8 Å². The maximum Gasteiger partial charge on any atom is 0.119 e. The molecule has 0 bridgehead atoms. The normalized spacial score (nSPS) is 14.2. The second-order valence-corrected chi connectivity index (χ2v) is 8.30. The first-order valence-corrected chi connectivity index (χ1v) is 11.3. The molecule has 3 aromatic rings. The van der Waals surface area contributed by atoms with E-state index in [1.807, 2.05) is 30.3 Å². The maximum atomic E-state index is 5.88. The summed E-state index contributed by atoms with van der Waals surface area (Å²) >= 11 is 1.70. The summed E-state index contributed by atoms with van der Waals surface area (Å²) in [4.78, 5) is 2.52. The van der Waals surface area contributed by atoms with E-state index in [1.54, 1.807) is 11.8 Å². The first-order valence-electron chi connectivity index (χ1n) is 10.3. The van der Waals surface area contributed by atoms with Crippen LogP contribution in [-0.4, -0.2) is 41.3 Å². The SMILES string of the molecule is c1ccc(CSc2ccc(-c3ccc(OCCCN4CCCC4)cc3)nn2)cc1. The van der Waals surface area contributed by atoms with Crippen molar-refractivity contribution in [1.29, 1.82) is 0 Å². The predicted molar refractivity (Wildman–Crippen MR) is 119 cm³/mol. The van der Waals surface area contributed by atoms with Crippen molar-refractivity contribution in [3.8, 4) is 17.0 Å². The van der Waals surface area contributed by atoms with Crippen LogP contribution in [0.2, 0.25) is 0 Å². The standard InChI is InChI=1S/C24H27N3OS/c1-2-7-20(8-3-1)19-29-24-14-13-23(25-26-24)21-9-11-22(12-10-21)28-18-6-17-27-15-4-5-16-27/h1-3,7-14H,4-6,15-19H2. The minimum atomic E-state index is 0.767. The quantitative estimate of drug-likeness (QED) is 0.357. The molecule has 0 spiro atoms. The van der Waals surface area contributed by atoms with Crippen molar-refractivity contribution in [1.82, 2.24) is 15.1 Å². The van der Waals surface area contributed by atoms with Crippen LogP contribution in [0, 0.1) is 0 Å². The number of rotatable bonds is 9. The van der Waals surface area contributed by atoms with Gasteiger partial charge in [-0.25, -0.2) is 0 Å². The second-order valence-electron chi connectivity index (χ2n) is 7.31. The molecular formula is C24H27N3OS. The molecular weight excluding hydrogens is 378 g/mol. The lowest BCUT2D eigenvalue weighted by Gasteiger charge is -2.14. The van der Waals surface area contributed by atoms with Crippen molar-refractivity contribution < 1.29 is 4.74 Å². The van der Waals surface area contributed by atoms with E-state index in [4.69, 9.17) is 4.74 Å². The fourth-order valence-electron chi connectivity index (χ4n) is 3.49. The van der Waals surface area contributed by atoms with Crippen molar-refractivity contribution in [2.45, 2.75) is 30.0 Å². The van der Waals surface area contributed by atoms with Gasteiger partial charge in [0.15, 0.2) is 0 Å². The summed E-state index contributed by atoms with van der Waals surface area (Å²) < 4.78 is 5.88. The van der Waals surface area contributed by atoms with Crippen LogP contribution < -0.4 is 4.74 Å². The molecule has 150 valence electrons. The highest BCUT2D eigenvalue weighted by Crippen LogP contribution is 2.24. The smallest absolute Gasteiger partial charge is 0.119 e. The lowest BCUT2D eigenvalue weighted by atomic mass is 10.1. The first kappa shape index (κ1) is 19.9. The first-order chi connectivity index (χ1) is 14.4. The molecule has 0 atom stereocenters. The van der Waals surface area contributed by atoms with E-state index in [0.29, 0.717) is 0 Å². The van der Waals surface area contributed by atoms with Crippen molar-refractivity contribution in [2.24, 2.45) is 0 Å². The molecule has 0 aliphatic carbocycles. The third-order valence-corrected chi connectivity index (χ3v) is 6.10. The second kappa shape index (κ2) is 10.4. The van der Waals surface area contributed by atoms with Crippen LogP contribution >= 0.6 is 11.8 Å². The van der Waals surface area contributed by atoms with Gasteiger partial charge in [0.05, 0.1) is 12.3 Å². The Morgan fingerprint density at radius 3 is 2.38 bits per heavy atom. The summed E-state index contributed by atoms with van der Waals surface area (Å²) in [7, 11) is 0. The Morgan fingerprint density at radius 1 is 0.862 bits per heavy atom. The molecule has 0 N–H and O–H groups in total. The van der Waals surface area contributed by atoms with Gasteiger partial charge in [-0.15, -0.1) is 10.2 Å². The Bertz CT molecular complexity index is 863. The largest absolute Gasteiger partial charge is 0.494 e. The number of ether oxygens (including phenoxy) is 1. The number of nitrogens with zero attached hydrogens (tertiary/aromatic N) is 3. The van der Waals surface area contributed by atoms with Crippen molar-refractivity contribution in [3.63, 3.8) is 0 Å². The molecule has 4 nitrogen and oxygen atoms in total. The third-order valence-electron chi connectivity index (χ3n) is 5.11. The Morgan fingerprint density at radius 2 is 1.66 bits per heavy atom. The summed E-state index contributed by atoms with van der Waals surface area (Å²) in [6.07, 6.45) is 3.77. The molecule has 4 rings (SSSR count). The minimum Gasteiger partial charge on any atom is -0.494 e. The summed E-state index contributed by atoms with van der Waals surface area (Å²) in [6, 6.07) is 22.6. The van der Waals surface area contributed by atoms with E-state index in [9.17, 15) is 0 Å². The Balaban J connectivity index is 1.24. The lowest BCUT2D eigenvalue weighted by molar-refractivity contribution is 0.263. The fraction of sp³-hybridized carbons (Fsp3) is 0.333. The molecule has 0 unspecified atom stereocenters. The Labute approximate surface area is 177 Å². The maximum absolute atomic E-state index is 5.88. The van der Waals surface area contributed by atoms with Crippen LogP contribution in [0.3, 0.4) is 0 Å². The molecule has 0 saturated carbocycles. The van der Waals surface area contributed by atoms with Crippen molar-refractivity contribution in [2.75, 3.05) is 26.2 Å². The monoisotopic (exact) mass is 405 g/mol. The number of hydrogen-bond acceptors (Lipinski definition) is 5. The number of thioether (sulfide) groups is 1. The molecule has 1 aliphatic rings. The molecule has 1 aliphatic heterocycles. The molecule has 1 saturated heterocycles. The van der Waals surface area contributed by atoms with E-state index in [2.05, 4.69) is 51.5 Å². The van der Waals surface area contributed by atoms with E-state index >= 15 is 0 Å². The average Bonchev–Trinajstić information content (AvgIpc) is 3.31. The average molecular weight is 406 g/mol. The highest BCUT2D eigenvalue weighted by molar-refractivity contribution is 7.98. The zero-order chi connectivity index (χ0) is 19.7. The van der Waals surface area contributed by atoms with Gasteiger partial charge in [-0.1, -0.05) is 42.1 Å². The Hall–Kier alpha value is -2.37. The highest BCUT2D eigenvalue weighted by Gasteiger charge is 2.10. The lowest BCUT2D eigenvalue weighted by Crippen LogP contribution is -2.21. The van der Waals surface area contributed by atoms with E-state index in [0.717, 1.165) is 47.4 Å². The molecule has 1 aromatic heterocycles. The topological polar surface area (TPSA) is 38.2 Å². The Kier molecular flexibility index (Phi) is 7.16. The van der Waals surface area contributed by atoms with Crippen LogP contribution in [-0.2, 0) is 5.75 Å². The summed E-state index contributed by atoms with van der Waals surface area (Å²) in [5, 5.41) is 9.70. The number of aromatic nitrogens is 2. The van der Waals surface area contributed by atoms with Crippen LogP contribution in [0.5, 0.6) is 5.75 Å². The predicted octanol–water partition coefficient (Wildman–Crippen LogP) is 5.30. The van der Waals surface area contributed by atoms with Gasteiger partial charge in [0.2, 0.25) is 0 Å². The third kappa shape index (κ3) is 6.05. The van der Waals surface area contributed by atoms with Crippen LogP contribution in [0.1, 0.15) is 24.8 Å². The van der Waals surface area contributed by atoms with E-state index in [1.165, 1.54) is 31.5 Å². The van der Waals surface area contributed by atoms with Gasteiger partial charge < -0.3 is 9.64 Å². The molecule has 2 heterocycles. The molecule has 29 heavy (non-hydrogen) atoms.